The summed E-state index contributed by atoms with van der Waals surface area (Å²) in [6.45, 7) is 2.95. The number of rotatable bonds is 4. The molecule has 2 rings (SSSR count). The smallest absolute Gasteiger partial charge is 0.0960 e. The summed E-state index contributed by atoms with van der Waals surface area (Å²) in [5, 5.41) is 0. The maximum Gasteiger partial charge on any atom is 0.0960 e. The first-order valence-corrected chi connectivity index (χ1v) is 7.49. The third-order valence-electron chi connectivity index (χ3n) is 3.32. The van der Waals surface area contributed by atoms with E-state index in [2.05, 4.69) is 6.07 Å². The third kappa shape index (κ3) is 3.68. The minimum atomic E-state index is 0.108. The Kier molecular flexibility index (Phi) is 4.86. The van der Waals surface area contributed by atoms with E-state index in [9.17, 15) is 0 Å². The van der Waals surface area contributed by atoms with Crippen LogP contribution in [0.5, 0.6) is 0 Å². The quantitative estimate of drug-likeness (QED) is 0.898. The second-order valence-corrected chi connectivity index (χ2v) is 6.46. The summed E-state index contributed by atoms with van der Waals surface area (Å²) in [7, 11) is 0. The highest BCUT2D eigenvalue weighted by Crippen LogP contribution is 2.32. The lowest BCUT2D eigenvalue weighted by Gasteiger charge is -2.23. The minimum Gasteiger partial charge on any atom is -0.378 e. The molecule has 1 saturated heterocycles. The van der Waals surface area contributed by atoms with Crippen molar-refractivity contribution in [1.82, 2.24) is 0 Å². The van der Waals surface area contributed by atoms with Crippen molar-refractivity contribution in [3.8, 4) is 0 Å². The first kappa shape index (κ1) is 13.3. The standard InChI is InChI=1S/C13H20ClNOS/c1-9-8-12(17-13(9)14)11(15)6-5-10-4-2-3-7-16-10/h8,10-11H,2-7,15H2,1H3. The van der Waals surface area contributed by atoms with Crippen LogP contribution in [0.25, 0.3) is 0 Å². The van der Waals surface area contributed by atoms with Crippen molar-refractivity contribution in [2.24, 2.45) is 5.73 Å². The van der Waals surface area contributed by atoms with Gasteiger partial charge in [0.25, 0.3) is 0 Å². The van der Waals surface area contributed by atoms with E-state index in [-0.39, 0.29) is 6.04 Å². The molecule has 2 unspecified atom stereocenters. The minimum absolute atomic E-state index is 0.108. The number of hydrogen-bond acceptors (Lipinski definition) is 3. The zero-order valence-corrected chi connectivity index (χ0v) is 11.8. The van der Waals surface area contributed by atoms with Crippen LogP contribution in [0.1, 0.15) is 48.6 Å². The fourth-order valence-corrected chi connectivity index (χ4v) is 3.46. The molecule has 1 fully saturated rings. The van der Waals surface area contributed by atoms with Gasteiger partial charge in [0, 0.05) is 17.5 Å². The number of aryl methyl sites for hydroxylation is 1. The van der Waals surface area contributed by atoms with E-state index in [0.717, 1.165) is 29.3 Å². The highest BCUT2D eigenvalue weighted by Gasteiger charge is 2.17. The van der Waals surface area contributed by atoms with Gasteiger partial charge in [-0.25, -0.2) is 0 Å². The van der Waals surface area contributed by atoms with E-state index < -0.39 is 0 Å². The molecular formula is C13H20ClNOS. The van der Waals surface area contributed by atoms with Crippen LogP contribution in [-0.2, 0) is 4.74 Å². The molecule has 17 heavy (non-hydrogen) atoms. The van der Waals surface area contributed by atoms with Crippen molar-refractivity contribution in [3.63, 3.8) is 0 Å². The van der Waals surface area contributed by atoms with Crippen molar-refractivity contribution >= 4 is 22.9 Å². The van der Waals surface area contributed by atoms with Crippen LogP contribution in [-0.4, -0.2) is 12.7 Å². The molecule has 0 saturated carbocycles. The van der Waals surface area contributed by atoms with Gasteiger partial charge in [0.1, 0.15) is 0 Å². The predicted octanol–water partition coefficient (Wildman–Crippen LogP) is 4.06. The number of halogens is 1. The largest absolute Gasteiger partial charge is 0.378 e. The molecule has 2 nitrogen and oxygen atoms in total. The zero-order chi connectivity index (χ0) is 12.3. The SMILES string of the molecule is Cc1cc(C(N)CCC2CCCCO2)sc1Cl. The normalized spacial score (nSPS) is 22.6. The lowest BCUT2D eigenvalue weighted by atomic mass is 10.0. The van der Waals surface area contributed by atoms with Gasteiger partial charge in [0.05, 0.1) is 10.4 Å². The molecule has 2 heterocycles. The van der Waals surface area contributed by atoms with Crippen molar-refractivity contribution in [1.29, 1.82) is 0 Å². The Balaban J connectivity index is 1.82. The molecule has 2 atom stereocenters. The van der Waals surface area contributed by atoms with E-state index in [1.54, 1.807) is 11.3 Å². The van der Waals surface area contributed by atoms with Crippen LogP contribution in [0, 0.1) is 6.92 Å². The summed E-state index contributed by atoms with van der Waals surface area (Å²) in [5.41, 5.74) is 7.33. The maximum absolute atomic E-state index is 6.19. The van der Waals surface area contributed by atoms with Crippen LogP contribution < -0.4 is 5.73 Å². The summed E-state index contributed by atoms with van der Waals surface area (Å²) in [6, 6.07) is 2.22. The second kappa shape index (κ2) is 6.19. The van der Waals surface area contributed by atoms with E-state index in [1.165, 1.54) is 24.1 Å². The maximum atomic E-state index is 6.19. The zero-order valence-electron chi connectivity index (χ0n) is 10.2. The molecular weight excluding hydrogens is 254 g/mol. The van der Waals surface area contributed by atoms with Gasteiger partial charge in [-0.2, -0.15) is 0 Å². The number of hydrogen-bond donors (Lipinski definition) is 1. The first-order chi connectivity index (χ1) is 8.16. The summed E-state index contributed by atoms with van der Waals surface area (Å²) in [5.74, 6) is 0. The van der Waals surface area contributed by atoms with E-state index in [1.807, 2.05) is 6.92 Å². The summed E-state index contributed by atoms with van der Waals surface area (Å²) in [4.78, 5) is 1.20. The Hall–Kier alpha value is -0.0900. The van der Waals surface area contributed by atoms with Gasteiger partial charge in [-0.1, -0.05) is 11.6 Å². The van der Waals surface area contributed by atoms with Gasteiger partial charge < -0.3 is 10.5 Å². The first-order valence-electron chi connectivity index (χ1n) is 6.30. The molecule has 0 spiro atoms. The average Bonchev–Trinajstić information content (AvgIpc) is 2.68. The lowest BCUT2D eigenvalue weighted by Crippen LogP contribution is -2.21. The number of ether oxygens (including phenoxy) is 1. The van der Waals surface area contributed by atoms with Crippen LogP contribution in [0.3, 0.4) is 0 Å². The highest BCUT2D eigenvalue weighted by atomic mass is 35.5. The molecule has 0 radical (unpaired) electrons. The molecule has 2 N–H and O–H groups in total. The van der Waals surface area contributed by atoms with Crippen LogP contribution in [0.4, 0.5) is 0 Å². The lowest BCUT2D eigenvalue weighted by molar-refractivity contribution is 0.00917. The summed E-state index contributed by atoms with van der Waals surface area (Å²) in [6.07, 6.45) is 6.17. The molecule has 0 amide bonds. The van der Waals surface area contributed by atoms with Gasteiger partial charge in [-0.3, -0.25) is 0 Å². The van der Waals surface area contributed by atoms with E-state index in [0.29, 0.717) is 6.10 Å². The molecule has 1 aliphatic heterocycles. The van der Waals surface area contributed by atoms with Crippen molar-refractivity contribution in [2.75, 3.05) is 6.61 Å². The highest BCUT2D eigenvalue weighted by molar-refractivity contribution is 7.16. The fourth-order valence-electron chi connectivity index (χ4n) is 2.21. The molecule has 4 heteroatoms. The number of nitrogens with two attached hydrogens (primary N) is 1. The van der Waals surface area contributed by atoms with E-state index >= 15 is 0 Å². The monoisotopic (exact) mass is 273 g/mol. The number of thiophene rings is 1. The van der Waals surface area contributed by atoms with Gasteiger partial charge in [-0.05, 0) is 50.7 Å². The van der Waals surface area contributed by atoms with Gasteiger partial charge in [0.2, 0.25) is 0 Å². The molecule has 1 aliphatic rings. The topological polar surface area (TPSA) is 35.2 Å². The Morgan fingerprint density at radius 2 is 2.41 bits per heavy atom. The summed E-state index contributed by atoms with van der Waals surface area (Å²) >= 11 is 7.67. The van der Waals surface area contributed by atoms with Crippen LogP contribution in [0.2, 0.25) is 4.34 Å². The predicted molar refractivity (Wildman–Crippen MR) is 73.8 cm³/mol. The van der Waals surface area contributed by atoms with Gasteiger partial charge >= 0.3 is 0 Å². The van der Waals surface area contributed by atoms with Crippen molar-refractivity contribution in [2.45, 2.75) is 51.2 Å². The second-order valence-electron chi connectivity index (χ2n) is 4.78. The Morgan fingerprint density at radius 1 is 1.59 bits per heavy atom. The molecule has 1 aromatic rings. The molecule has 0 aromatic carbocycles. The molecule has 0 aliphatic carbocycles. The third-order valence-corrected chi connectivity index (χ3v) is 5.00. The van der Waals surface area contributed by atoms with Crippen LogP contribution >= 0.6 is 22.9 Å². The Labute approximate surface area is 112 Å². The molecule has 1 aromatic heterocycles. The molecule has 0 bridgehead atoms. The fraction of sp³-hybridized carbons (Fsp3) is 0.692. The summed E-state index contributed by atoms with van der Waals surface area (Å²) < 4.78 is 6.58. The van der Waals surface area contributed by atoms with Crippen molar-refractivity contribution in [3.05, 3.63) is 20.8 Å². The Morgan fingerprint density at radius 3 is 3.00 bits per heavy atom. The van der Waals surface area contributed by atoms with E-state index in [4.69, 9.17) is 22.1 Å². The van der Waals surface area contributed by atoms with Gasteiger partial charge in [-0.15, -0.1) is 11.3 Å². The average molecular weight is 274 g/mol. The molecule has 96 valence electrons. The van der Waals surface area contributed by atoms with Crippen LogP contribution in [0.15, 0.2) is 6.07 Å². The van der Waals surface area contributed by atoms with Gasteiger partial charge in [0.15, 0.2) is 0 Å². The Bertz CT molecular complexity index is 341. The van der Waals surface area contributed by atoms with Crippen molar-refractivity contribution < 1.29 is 4.74 Å².